The molecule has 0 aliphatic carbocycles. The van der Waals surface area contributed by atoms with E-state index in [9.17, 15) is 4.79 Å². The lowest BCUT2D eigenvalue weighted by atomic mass is 10.3. The smallest absolute Gasteiger partial charge is 0.236 e. The average Bonchev–Trinajstić information content (AvgIpc) is 2.93. The van der Waals surface area contributed by atoms with Gasteiger partial charge in [-0.05, 0) is 32.9 Å². The lowest BCUT2D eigenvalue weighted by Gasteiger charge is -2.24. The maximum absolute atomic E-state index is 12.6. The van der Waals surface area contributed by atoms with Crippen LogP contribution in [-0.4, -0.2) is 48.9 Å². The van der Waals surface area contributed by atoms with E-state index in [0.717, 1.165) is 17.0 Å². The molecule has 0 fully saturated rings. The van der Waals surface area contributed by atoms with Crippen LogP contribution in [0.3, 0.4) is 0 Å². The standard InChI is InChI=1S/C17H23N5OS/c1-6-22(11-12(2)3)16(23)13(4)24-17-20-19-15(21(17)5)14-8-7-9-18-10-14/h7-10,13H,2,6,11H2,1,3-5H3. The molecule has 0 aliphatic rings. The molecular weight excluding hydrogens is 322 g/mol. The van der Waals surface area contributed by atoms with E-state index in [-0.39, 0.29) is 11.2 Å². The summed E-state index contributed by atoms with van der Waals surface area (Å²) in [6.45, 7) is 10.9. The van der Waals surface area contributed by atoms with Gasteiger partial charge < -0.3 is 9.47 Å². The number of carbonyl (C=O) groups excluding carboxylic acids is 1. The second kappa shape index (κ2) is 8.10. The van der Waals surface area contributed by atoms with Gasteiger partial charge >= 0.3 is 0 Å². The summed E-state index contributed by atoms with van der Waals surface area (Å²) in [4.78, 5) is 18.5. The van der Waals surface area contributed by atoms with Gasteiger partial charge in [0.25, 0.3) is 0 Å². The van der Waals surface area contributed by atoms with Crippen molar-refractivity contribution in [3.05, 3.63) is 36.7 Å². The molecule has 2 rings (SSSR count). The van der Waals surface area contributed by atoms with E-state index >= 15 is 0 Å². The van der Waals surface area contributed by atoms with E-state index in [2.05, 4.69) is 21.8 Å². The Balaban J connectivity index is 2.12. The third-order valence-corrected chi connectivity index (χ3v) is 4.66. The number of aromatic nitrogens is 4. The molecule has 1 unspecified atom stereocenters. The molecule has 1 atom stereocenters. The molecule has 0 radical (unpaired) electrons. The van der Waals surface area contributed by atoms with E-state index in [4.69, 9.17) is 0 Å². The second-order valence-corrected chi connectivity index (χ2v) is 6.98. The predicted octanol–water partition coefficient (Wildman–Crippen LogP) is 2.78. The van der Waals surface area contributed by atoms with Gasteiger partial charge in [-0.3, -0.25) is 9.78 Å². The van der Waals surface area contributed by atoms with Crippen molar-refractivity contribution >= 4 is 17.7 Å². The number of thioether (sulfide) groups is 1. The summed E-state index contributed by atoms with van der Waals surface area (Å²) < 4.78 is 1.89. The van der Waals surface area contributed by atoms with Gasteiger partial charge in [0.1, 0.15) is 0 Å². The molecule has 0 N–H and O–H groups in total. The van der Waals surface area contributed by atoms with Gasteiger partial charge in [0.05, 0.1) is 5.25 Å². The summed E-state index contributed by atoms with van der Waals surface area (Å²) in [5, 5.41) is 8.91. The van der Waals surface area contributed by atoms with Gasteiger partial charge in [-0.2, -0.15) is 0 Å². The molecule has 2 aromatic heterocycles. The first-order chi connectivity index (χ1) is 11.4. The quantitative estimate of drug-likeness (QED) is 0.570. The molecular formula is C17H23N5OS. The first kappa shape index (κ1) is 18.2. The Kier molecular flexibility index (Phi) is 6.14. The van der Waals surface area contributed by atoms with Crippen molar-refractivity contribution in [2.45, 2.75) is 31.2 Å². The van der Waals surface area contributed by atoms with Crippen LogP contribution in [0.15, 0.2) is 41.8 Å². The third kappa shape index (κ3) is 4.23. The Morgan fingerprint density at radius 1 is 1.46 bits per heavy atom. The monoisotopic (exact) mass is 345 g/mol. The lowest BCUT2D eigenvalue weighted by molar-refractivity contribution is -0.129. The molecule has 0 aliphatic heterocycles. The topological polar surface area (TPSA) is 63.9 Å². The normalized spacial score (nSPS) is 12.0. The van der Waals surface area contributed by atoms with Crippen LogP contribution in [0.1, 0.15) is 20.8 Å². The number of amides is 1. The summed E-state index contributed by atoms with van der Waals surface area (Å²) in [7, 11) is 1.90. The minimum Gasteiger partial charge on any atom is -0.338 e. The lowest BCUT2D eigenvalue weighted by Crippen LogP contribution is -2.37. The molecule has 24 heavy (non-hydrogen) atoms. The number of pyridine rings is 1. The molecule has 0 aromatic carbocycles. The Labute approximate surface area is 147 Å². The zero-order chi connectivity index (χ0) is 17.7. The molecule has 6 nitrogen and oxygen atoms in total. The number of hydrogen-bond donors (Lipinski definition) is 0. The first-order valence-corrected chi connectivity index (χ1v) is 8.71. The van der Waals surface area contributed by atoms with E-state index in [1.165, 1.54) is 11.8 Å². The highest BCUT2D eigenvalue weighted by molar-refractivity contribution is 8.00. The van der Waals surface area contributed by atoms with Gasteiger partial charge in [0.2, 0.25) is 5.91 Å². The Morgan fingerprint density at radius 3 is 2.79 bits per heavy atom. The maximum Gasteiger partial charge on any atom is 0.236 e. The highest BCUT2D eigenvalue weighted by Gasteiger charge is 2.23. The minimum absolute atomic E-state index is 0.0800. The fourth-order valence-corrected chi connectivity index (χ4v) is 3.20. The Bertz CT molecular complexity index is 713. The van der Waals surface area contributed by atoms with Crippen molar-refractivity contribution in [3.63, 3.8) is 0 Å². The van der Waals surface area contributed by atoms with Gasteiger partial charge in [-0.15, -0.1) is 10.2 Å². The summed E-state index contributed by atoms with van der Waals surface area (Å²) >= 11 is 1.41. The first-order valence-electron chi connectivity index (χ1n) is 7.83. The van der Waals surface area contributed by atoms with Gasteiger partial charge in [0, 0.05) is 38.1 Å². The third-order valence-electron chi connectivity index (χ3n) is 3.54. The molecule has 0 saturated heterocycles. The van der Waals surface area contributed by atoms with Crippen LogP contribution >= 0.6 is 11.8 Å². The summed E-state index contributed by atoms with van der Waals surface area (Å²) in [6.07, 6.45) is 3.47. The summed E-state index contributed by atoms with van der Waals surface area (Å²) in [6, 6.07) is 3.80. The molecule has 2 heterocycles. The number of rotatable bonds is 7. The van der Waals surface area contributed by atoms with Gasteiger partial charge in [-0.25, -0.2) is 0 Å². The van der Waals surface area contributed by atoms with Crippen molar-refractivity contribution < 1.29 is 4.79 Å². The molecule has 1 amide bonds. The van der Waals surface area contributed by atoms with E-state index in [0.29, 0.717) is 18.2 Å². The second-order valence-electron chi connectivity index (χ2n) is 5.68. The molecule has 128 valence electrons. The van der Waals surface area contributed by atoms with E-state index in [1.807, 2.05) is 44.5 Å². The zero-order valence-corrected chi connectivity index (χ0v) is 15.4. The van der Waals surface area contributed by atoms with E-state index < -0.39 is 0 Å². The van der Waals surface area contributed by atoms with Crippen molar-refractivity contribution in [1.29, 1.82) is 0 Å². The fourth-order valence-electron chi connectivity index (χ4n) is 2.30. The zero-order valence-electron chi connectivity index (χ0n) is 14.6. The molecule has 0 saturated carbocycles. The number of likely N-dealkylation sites (N-methyl/N-ethyl adjacent to an activating group) is 1. The summed E-state index contributed by atoms with van der Waals surface area (Å²) in [5.41, 5.74) is 1.87. The van der Waals surface area contributed by atoms with Gasteiger partial charge in [-0.1, -0.05) is 23.9 Å². The Morgan fingerprint density at radius 2 is 2.21 bits per heavy atom. The van der Waals surface area contributed by atoms with Crippen LogP contribution in [0.25, 0.3) is 11.4 Å². The minimum atomic E-state index is -0.242. The largest absolute Gasteiger partial charge is 0.338 e. The molecule has 0 spiro atoms. The maximum atomic E-state index is 12.6. The van der Waals surface area contributed by atoms with Gasteiger partial charge in [0.15, 0.2) is 11.0 Å². The predicted molar refractivity (Wildman–Crippen MR) is 96.6 cm³/mol. The van der Waals surface area contributed by atoms with Crippen molar-refractivity contribution in [2.75, 3.05) is 13.1 Å². The highest BCUT2D eigenvalue weighted by atomic mass is 32.2. The summed E-state index contributed by atoms with van der Waals surface area (Å²) in [5.74, 6) is 0.816. The number of nitrogens with zero attached hydrogens (tertiary/aromatic N) is 5. The average molecular weight is 345 g/mol. The van der Waals surface area contributed by atoms with Crippen LogP contribution in [0.5, 0.6) is 0 Å². The Hall–Kier alpha value is -2.15. The highest BCUT2D eigenvalue weighted by Crippen LogP contribution is 2.26. The molecule has 2 aromatic rings. The van der Waals surface area contributed by atoms with Crippen LogP contribution in [-0.2, 0) is 11.8 Å². The van der Waals surface area contributed by atoms with Crippen LogP contribution in [0.4, 0.5) is 0 Å². The number of carbonyl (C=O) groups is 1. The van der Waals surface area contributed by atoms with Crippen LogP contribution < -0.4 is 0 Å². The fraction of sp³-hybridized carbons (Fsp3) is 0.412. The SMILES string of the molecule is C=C(C)CN(CC)C(=O)C(C)Sc1nnc(-c2cccnc2)n1C. The van der Waals surface area contributed by atoms with Crippen molar-refractivity contribution in [2.24, 2.45) is 7.05 Å². The van der Waals surface area contributed by atoms with E-state index in [1.54, 1.807) is 17.3 Å². The van der Waals surface area contributed by atoms with Crippen LogP contribution in [0, 0.1) is 0 Å². The van der Waals surface area contributed by atoms with Crippen molar-refractivity contribution in [1.82, 2.24) is 24.6 Å². The number of hydrogen-bond acceptors (Lipinski definition) is 5. The van der Waals surface area contributed by atoms with Crippen molar-refractivity contribution in [3.8, 4) is 11.4 Å². The molecule has 0 bridgehead atoms. The van der Waals surface area contributed by atoms with Crippen LogP contribution in [0.2, 0.25) is 0 Å². The molecule has 7 heteroatoms.